The topological polar surface area (TPSA) is 55.4 Å². The number of alkyl halides is 1. The molecule has 18 heavy (non-hydrogen) atoms. The van der Waals surface area contributed by atoms with Crippen molar-refractivity contribution in [2.24, 2.45) is 0 Å². The Balaban J connectivity index is 2.53. The Kier molecular flexibility index (Phi) is 3.45. The predicted octanol–water partition coefficient (Wildman–Crippen LogP) is 2.94. The third-order valence-electron chi connectivity index (χ3n) is 2.70. The standard InChI is InChI=1S/C11H8Cl3NO3/c1-18-8(16)4-11(14)6-2-5(12)3-7(13)9(6)15-10(11)17/h2-3H,4H2,1H3,(H,15,17)/t11-/m0/s1. The molecule has 1 aromatic carbocycles. The Bertz CT molecular complexity index is 547. The van der Waals surface area contributed by atoms with Gasteiger partial charge < -0.3 is 10.1 Å². The van der Waals surface area contributed by atoms with Crippen LogP contribution in [0.3, 0.4) is 0 Å². The van der Waals surface area contributed by atoms with Crippen LogP contribution in [0.5, 0.6) is 0 Å². The summed E-state index contributed by atoms with van der Waals surface area (Å²) in [5.74, 6) is -1.11. The van der Waals surface area contributed by atoms with E-state index in [0.29, 0.717) is 16.3 Å². The Morgan fingerprint density at radius 3 is 2.72 bits per heavy atom. The molecular formula is C11H8Cl3NO3. The van der Waals surface area contributed by atoms with Crippen molar-refractivity contribution in [1.29, 1.82) is 0 Å². The molecule has 0 saturated carbocycles. The number of esters is 1. The van der Waals surface area contributed by atoms with Crippen molar-refractivity contribution in [2.75, 3.05) is 12.4 Å². The van der Waals surface area contributed by atoms with Gasteiger partial charge in [-0.2, -0.15) is 0 Å². The summed E-state index contributed by atoms with van der Waals surface area (Å²) in [4.78, 5) is 21.7. The molecule has 1 aromatic rings. The summed E-state index contributed by atoms with van der Waals surface area (Å²) >= 11 is 18.1. The van der Waals surface area contributed by atoms with Gasteiger partial charge in [0.2, 0.25) is 0 Å². The SMILES string of the molecule is COC(=O)C[C@@]1(Cl)C(=O)Nc2c(Cl)cc(Cl)cc21. The number of methoxy groups -OCH3 is 1. The molecule has 0 saturated heterocycles. The van der Waals surface area contributed by atoms with E-state index in [4.69, 9.17) is 34.8 Å². The molecule has 4 nitrogen and oxygen atoms in total. The van der Waals surface area contributed by atoms with E-state index < -0.39 is 16.8 Å². The maximum absolute atomic E-state index is 11.9. The summed E-state index contributed by atoms with van der Waals surface area (Å²) < 4.78 is 4.53. The van der Waals surface area contributed by atoms with Gasteiger partial charge in [0.15, 0.2) is 4.87 Å². The number of ether oxygens (including phenoxy) is 1. The van der Waals surface area contributed by atoms with Crippen LogP contribution < -0.4 is 5.32 Å². The number of halogens is 3. The summed E-state index contributed by atoms with van der Waals surface area (Å²) in [5, 5.41) is 3.16. The average molecular weight is 309 g/mol. The molecule has 1 amide bonds. The lowest BCUT2D eigenvalue weighted by molar-refractivity contribution is -0.142. The summed E-state index contributed by atoms with van der Waals surface area (Å²) in [6.07, 6.45) is -0.291. The Labute approximate surface area is 118 Å². The number of amides is 1. The number of carbonyl (C=O) groups excluding carboxylic acids is 2. The number of nitrogens with one attached hydrogen (secondary N) is 1. The molecule has 1 aliphatic heterocycles. The normalized spacial score (nSPS) is 21.4. The van der Waals surface area contributed by atoms with Gasteiger partial charge in [-0.05, 0) is 12.1 Å². The highest BCUT2D eigenvalue weighted by Crippen LogP contribution is 2.47. The highest BCUT2D eigenvalue weighted by Gasteiger charge is 2.48. The zero-order chi connectivity index (χ0) is 13.5. The number of fused-ring (bicyclic) bond motifs is 1. The van der Waals surface area contributed by atoms with Crippen molar-refractivity contribution < 1.29 is 14.3 Å². The Morgan fingerprint density at radius 2 is 2.11 bits per heavy atom. The molecule has 0 spiro atoms. The maximum atomic E-state index is 11.9. The molecule has 2 rings (SSSR count). The second kappa shape index (κ2) is 4.61. The second-order valence-corrected chi connectivity index (χ2v) is 5.31. The van der Waals surface area contributed by atoms with E-state index in [2.05, 4.69) is 10.1 Å². The van der Waals surface area contributed by atoms with Gasteiger partial charge in [0.05, 0.1) is 24.2 Å². The summed E-state index contributed by atoms with van der Waals surface area (Å²) in [6.45, 7) is 0. The van der Waals surface area contributed by atoms with E-state index >= 15 is 0 Å². The van der Waals surface area contributed by atoms with Crippen LogP contribution in [0, 0.1) is 0 Å². The van der Waals surface area contributed by atoms with Crippen LogP contribution in [0.4, 0.5) is 5.69 Å². The highest BCUT2D eigenvalue weighted by molar-refractivity contribution is 6.43. The first-order valence-corrected chi connectivity index (χ1v) is 6.08. The first-order chi connectivity index (χ1) is 8.38. The minimum Gasteiger partial charge on any atom is -0.469 e. The van der Waals surface area contributed by atoms with Gasteiger partial charge in [-0.25, -0.2) is 0 Å². The molecule has 0 radical (unpaired) electrons. The van der Waals surface area contributed by atoms with Crippen LogP contribution in [0.15, 0.2) is 12.1 Å². The van der Waals surface area contributed by atoms with Gasteiger partial charge in [0, 0.05) is 10.6 Å². The molecule has 0 aliphatic carbocycles. The third kappa shape index (κ3) is 2.05. The van der Waals surface area contributed by atoms with Gasteiger partial charge in [0.25, 0.3) is 5.91 Å². The lowest BCUT2D eigenvalue weighted by Gasteiger charge is -2.18. The predicted molar refractivity (Wildman–Crippen MR) is 69.3 cm³/mol. The average Bonchev–Trinajstić information content (AvgIpc) is 2.53. The second-order valence-electron chi connectivity index (χ2n) is 3.82. The molecule has 0 unspecified atom stereocenters. The largest absolute Gasteiger partial charge is 0.469 e. The number of carbonyl (C=O) groups is 2. The van der Waals surface area contributed by atoms with E-state index in [1.165, 1.54) is 19.2 Å². The summed E-state index contributed by atoms with van der Waals surface area (Å²) in [6, 6.07) is 3.00. The summed E-state index contributed by atoms with van der Waals surface area (Å²) in [5.41, 5.74) is 0.766. The fraction of sp³-hybridized carbons (Fsp3) is 0.273. The molecule has 96 valence electrons. The van der Waals surface area contributed by atoms with Crippen molar-refractivity contribution in [2.45, 2.75) is 11.3 Å². The van der Waals surface area contributed by atoms with Crippen molar-refractivity contribution in [1.82, 2.24) is 0 Å². The van der Waals surface area contributed by atoms with E-state index in [1.54, 1.807) is 0 Å². The third-order valence-corrected chi connectivity index (χ3v) is 3.72. The van der Waals surface area contributed by atoms with Gasteiger partial charge in [-0.15, -0.1) is 11.6 Å². The van der Waals surface area contributed by atoms with Crippen molar-refractivity contribution in [3.63, 3.8) is 0 Å². The van der Waals surface area contributed by atoms with E-state index in [0.717, 1.165) is 0 Å². The molecule has 1 aliphatic rings. The monoisotopic (exact) mass is 307 g/mol. The molecule has 7 heteroatoms. The Hall–Kier alpha value is -0.970. The minimum absolute atomic E-state index is 0.276. The number of hydrogen-bond donors (Lipinski definition) is 1. The van der Waals surface area contributed by atoms with Crippen LogP contribution in [-0.2, 0) is 19.2 Å². The van der Waals surface area contributed by atoms with E-state index in [9.17, 15) is 9.59 Å². The fourth-order valence-corrected chi connectivity index (χ4v) is 2.64. The summed E-state index contributed by atoms with van der Waals surface area (Å²) in [7, 11) is 1.22. The first kappa shape index (κ1) is 13.5. The molecule has 1 N–H and O–H groups in total. The molecule has 1 atom stereocenters. The van der Waals surface area contributed by atoms with Crippen LogP contribution >= 0.6 is 34.8 Å². The van der Waals surface area contributed by atoms with Crippen molar-refractivity contribution in [3.8, 4) is 0 Å². The molecule has 0 fully saturated rings. The minimum atomic E-state index is -1.53. The van der Waals surface area contributed by atoms with Crippen molar-refractivity contribution in [3.05, 3.63) is 27.7 Å². The first-order valence-electron chi connectivity index (χ1n) is 4.95. The van der Waals surface area contributed by atoms with E-state index in [1.807, 2.05) is 0 Å². The number of rotatable bonds is 2. The number of anilines is 1. The van der Waals surface area contributed by atoms with Crippen LogP contribution in [0.1, 0.15) is 12.0 Å². The smallest absolute Gasteiger partial charge is 0.308 e. The fourth-order valence-electron chi connectivity index (χ4n) is 1.79. The lowest BCUT2D eigenvalue weighted by atomic mass is 9.96. The van der Waals surface area contributed by atoms with Gasteiger partial charge >= 0.3 is 5.97 Å². The molecule has 1 heterocycles. The number of benzene rings is 1. The lowest BCUT2D eigenvalue weighted by Crippen LogP contribution is -2.31. The molecular weight excluding hydrogens is 300 g/mol. The van der Waals surface area contributed by atoms with Crippen LogP contribution in [0.2, 0.25) is 10.0 Å². The van der Waals surface area contributed by atoms with Gasteiger partial charge in [-0.1, -0.05) is 23.2 Å². The molecule has 0 aromatic heterocycles. The quantitative estimate of drug-likeness (QED) is 0.675. The zero-order valence-electron chi connectivity index (χ0n) is 9.22. The van der Waals surface area contributed by atoms with Crippen LogP contribution in [0.25, 0.3) is 0 Å². The number of hydrogen-bond acceptors (Lipinski definition) is 3. The highest BCUT2D eigenvalue weighted by atomic mass is 35.5. The Morgan fingerprint density at radius 1 is 1.44 bits per heavy atom. The molecule has 0 bridgehead atoms. The zero-order valence-corrected chi connectivity index (χ0v) is 11.5. The van der Waals surface area contributed by atoms with Crippen molar-refractivity contribution >= 4 is 52.4 Å². The van der Waals surface area contributed by atoms with Gasteiger partial charge in [0.1, 0.15) is 0 Å². The van der Waals surface area contributed by atoms with Gasteiger partial charge in [-0.3, -0.25) is 9.59 Å². The van der Waals surface area contributed by atoms with Crippen LogP contribution in [-0.4, -0.2) is 19.0 Å². The maximum Gasteiger partial charge on any atom is 0.308 e. The van der Waals surface area contributed by atoms with E-state index in [-0.39, 0.29) is 11.4 Å².